The first kappa shape index (κ1) is 15.9. The summed E-state index contributed by atoms with van der Waals surface area (Å²) in [7, 11) is 1.34. The molecule has 0 amide bonds. The summed E-state index contributed by atoms with van der Waals surface area (Å²) >= 11 is 5.81. The predicted molar refractivity (Wildman–Crippen MR) is 72.1 cm³/mol. The summed E-state index contributed by atoms with van der Waals surface area (Å²) in [4.78, 5) is 11.7. The minimum absolute atomic E-state index is 0.0163. The molecule has 0 saturated heterocycles. The Hall–Kier alpha value is -1.14. The second-order valence-corrected chi connectivity index (χ2v) is 4.23. The van der Waals surface area contributed by atoms with Crippen molar-refractivity contribution in [3.63, 3.8) is 0 Å². The lowest BCUT2D eigenvalue weighted by Gasteiger charge is -2.17. The fourth-order valence-electron chi connectivity index (χ4n) is 1.55. The molecule has 0 aliphatic heterocycles. The number of hydrogen-bond donors (Lipinski definition) is 2. The molecule has 0 aromatic heterocycles. The molecular formula is C13H18ClNO4. The molecule has 0 fully saturated rings. The summed E-state index contributed by atoms with van der Waals surface area (Å²) in [5, 5.41) is 12.2. The van der Waals surface area contributed by atoms with Crippen molar-refractivity contribution in [3.05, 3.63) is 34.9 Å². The lowest BCUT2D eigenvalue weighted by molar-refractivity contribution is -0.143. The first-order valence-electron chi connectivity index (χ1n) is 5.94. The Morgan fingerprint density at radius 1 is 1.37 bits per heavy atom. The Kier molecular flexibility index (Phi) is 7.43. The molecule has 6 heteroatoms. The normalized spacial score (nSPS) is 12.2. The fourth-order valence-corrected chi connectivity index (χ4v) is 1.68. The van der Waals surface area contributed by atoms with Crippen LogP contribution in [0.4, 0.5) is 0 Å². The molecule has 5 nitrogen and oxygen atoms in total. The van der Waals surface area contributed by atoms with Gasteiger partial charge in [-0.05, 0) is 17.7 Å². The number of esters is 1. The average Bonchev–Trinajstić information content (AvgIpc) is 2.43. The molecular weight excluding hydrogens is 270 g/mol. The number of aliphatic hydroxyl groups excluding tert-OH is 1. The zero-order valence-electron chi connectivity index (χ0n) is 10.8. The van der Waals surface area contributed by atoms with Crippen molar-refractivity contribution in [2.75, 3.05) is 33.5 Å². The van der Waals surface area contributed by atoms with Crippen LogP contribution in [0.2, 0.25) is 5.02 Å². The van der Waals surface area contributed by atoms with Crippen LogP contribution in [0.3, 0.4) is 0 Å². The van der Waals surface area contributed by atoms with Crippen LogP contribution in [-0.2, 0) is 14.3 Å². The van der Waals surface area contributed by atoms with Gasteiger partial charge in [-0.1, -0.05) is 23.7 Å². The first-order valence-corrected chi connectivity index (χ1v) is 6.32. The van der Waals surface area contributed by atoms with Crippen molar-refractivity contribution in [2.24, 2.45) is 0 Å². The highest BCUT2D eigenvalue weighted by Crippen LogP contribution is 2.17. The molecule has 2 N–H and O–H groups in total. The van der Waals surface area contributed by atoms with Gasteiger partial charge < -0.3 is 14.6 Å². The van der Waals surface area contributed by atoms with Gasteiger partial charge in [-0.2, -0.15) is 0 Å². The van der Waals surface area contributed by atoms with Gasteiger partial charge in [0.15, 0.2) is 0 Å². The molecule has 1 rings (SSSR count). The van der Waals surface area contributed by atoms with Crippen molar-refractivity contribution >= 4 is 17.6 Å². The fraction of sp³-hybridized carbons (Fsp3) is 0.462. The highest BCUT2D eigenvalue weighted by molar-refractivity contribution is 6.30. The van der Waals surface area contributed by atoms with Gasteiger partial charge in [0.2, 0.25) is 0 Å². The van der Waals surface area contributed by atoms with E-state index in [-0.39, 0.29) is 19.2 Å². The second kappa shape index (κ2) is 8.87. The number of rotatable bonds is 8. The highest BCUT2D eigenvalue weighted by Gasteiger charge is 2.20. The Morgan fingerprint density at radius 3 is 2.63 bits per heavy atom. The van der Waals surface area contributed by atoms with Crippen molar-refractivity contribution in [1.29, 1.82) is 0 Å². The number of benzene rings is 1. The van der Waals surface area contributed by atoms with Crippen LogP contribution in [0.1, 0.15) is 11.6 Å². The molecule has 0 heterocycles. The molecule has 0 spiro atoms. The summed E-state index contributed by atoms with van der Waals surface area (Å²) in [6, 6.07) is 6.42. The second-order valence-electron chi connectivity index (χ2n) is 3.80. The van der Waals surface area contributed by atoms with Crippen molar-refractivity contribution < 1.29 is 19.4 Å². The minimum Gasteiger partial charge on any atom is -0.468 e. The number of carbonyl (C=O) groups is 1. The van der Waals surface area contributed by atoms with Crippen LogP contribution in [-0.4, -0.2) is 44.6 Å². The number of ether oxygens (including phenoxy) is 2. The SMILES string of the molecule is COC(=O)C(NCCOCCO)c1ccc(Cl)cc1. The van der Waals surface area contributed by atoms with E-state index in [9.17, 15) is 4.79 Å². The van der Waals surface area contributed by atoms with E-state index >= 15 is 0 Å². The van der Waals surface area contributed by atoms with E-state index in [1.165, 1.54) is 7.11 Å². The number of aliphatic hydroxyl groups is 1. The first-order chi connectivity index (χ1) is 9.19. The van der Waals surface area contributed by atoms with Crippen molar-refractivity contribution in [2.45, 2.75) is 6.04 Å². The van der Waals surface area contributed by atoms with E-state index < -0.39 is 6.04 Å². The van der Waals surface area contributed by atoms with Gasteiger partial charge in [-0.3, -0.25) is 5.32 Å². The molecule has 1 atom stereocenters. The van der Waals surface area contributed by atoms with Gasteiger partial charge in [0.1, 0.15) is 6.04 Å². The summed E-state index contributed by atoms with van der Waals surface area (Å²) < 4.78 is 9.88. The van der Waals surface area contributed by atoms with Crippen molar-refractivity contribution in [1.82, 2.24) is 5.32 Å². The van der Waals surface area contributed by atoms with Crippen LogP contribution in [0.25, 0.3) is 0 Å². The third kappa shape index (κ3) is 5.57. The standard InChI is InChI=1S/C13H18ClNO4/c1-18-13(17)12(15-6-8-19-9-7-16)10-2-4-11(14)5-3-10/h2-5,12,15-16H,6-9H2,1H3. The highest BCUT2D eigenvalue weighted by atomic mass is 35.5. The maximum Gasteiger partial charge on any atom is 0.327 e. The van der Waals surface area contributed by atoms with E-state index in [4.69, 9.17) is 26.2 Å². The third-order valence-electron chi connectivity index (χ3n) is 2.47. The minimum atomic E-state index is -0.556. The molecule has 0 aliphatic carbocycles. The quantitative estimate of drug-likeness (QED) is 0.555. The summed E-state index contributed by atoms with van der Waals surface area (Å²) in [6.45, 7) is 1.15. The summed E-state index contributed by atoms with van der Waals surface area (Å²) in [5.41, 5.74) is 0.776. The molecule has 0 radical (unpaired) electrons. The average molecular weight is 288 g/mol. The number of carbonyl (C=O) groups excluding carboxylic acids is 1. The Balaban J connectivity index is 2.57. The molecule has 0 saturated carbocycles. The van der Waals surface area contributed by atoms with Gasteiger partial charge >= 0.3 is 5.97 Å². The van der Waals surface area contributed by atoms with Gasteiger partial charge in [0.05, 0.1) is 26.9 Å². The number of hydrogen-bond acceptors (Lipinski definition) is 5. The van der Waals surface area contributed by atoms with Gasteiger partial charge in [-0.25, -0.2) is 4.79 Å². The number of nitrogens with one attached hydrogen (secondary N) is 1. The lowest BCUT2D eigenvalue weighted by atomic mass is 10.1. The van der Waals surface area contributed by atoms with Gasteiger partial charge in [0, 0.05) is 11.6 Å². The molecule has 0 bridgehead atoms. The molecule has 1 aromatic rings. The van der Waals surface area contributed by atoms with E-state index in [0.717, 1.165) is 5.56 Å². The van der Waals surface area contributed by atoms with Gasteiger partial charge in [0.25, 0.3) is 0 Å². The van der Waals surface area contributed by atoms with Gasteiger partial charge in [-0.15, -0.1) is 0 Å². The lowest BCUT2D eigenvalue weighted by Crippen LogP contribution is -2.32. The van der Waals surface area contributed by atoms with Crippen LogP contribution in [0, 0.1) is 0 Å². The Morgan fingerprint density at radius 2 is 2.05 bits per heavy atom. The maximum absolute atomic E-state index is 11.7. The smallest absolute Gasteiger partial charge is 0.327 e. The largest absolute Gasteiger partial charge is 0.468 e. The van der Waals surface area contributed by atoms with Crippen molar-refractivity contribution in [3.8, 4) is 0 Å². The van der Waals surface area contributed by atoms with Crippen LogP contribution >= 0.6 is 11.6 Å². The third-order valence-corrected chi connectivity index (χ3v) is 2.72. The summed E-state index contributed by atoms with van der Waals surface area (Å²) in [6.07, 6.45) is 0. The molecule has 1 aromatic carbocycles. The van der Waals surface area contributed by atoms with E-state index in [1.54, 1.807) is 24.3 Å². The predicted octanol–water partition coefficient (Wildman–Crippen LogP) is 1.15. The zero-order chi connectivity index (χ0) is 14.1. The van der Waals surface area contributed by atoms with Crippen LogP contribution < -0.4 is 5.32 Å². The van der Waals surface area contributed by atoms with E-state index in [0.29, 0.717) is 18.2 Å². The van der Waals surface area contributed by atoms with E-state index in [1.807, 2.05) is 0 Å². The van der Waals surface area contributed by atoms with Crippen LogP contribution in [0.5, 0.6) is 0 Å². The molecule has 106 valence electrons. The van der Waals surface area contributed by atoms with Crippen LogP contribution in [0.15, 0.2) is 24.3 Å². The summed E-state index contributed by atoms with van der Waals surface area (Å²) in [5.74, 6) is -0.371. The molecule has 0 aliphatic rings. The number of methoxy groups -OCH3 is 1. The maximum atomic E-state index is 11.7. The monoisotopic (exact) mass is 287 g/mol. The zero-order valence-corrected chi connectivity index (χ0v) is 11.5. The van der Waals surface area contributed by atoms with E-state index in [2.05, 4.69) is 5.32 Å². The molecule has 19 heavy (non-hydrogen) atoms. The number of halogens is 1. The Labute approximate surface area is 117 Å². The molecule has 1 unspecified atom stereocenters. The topological polar surface area (TPSA) is 67.8 Å². The Bertz CT molecular complexity index is 383.